The first kappa shape index (κ1) is 12.4. The average molecular weight is 238 g/mol. The van der Waals surface area contributed by atoms with Gasteiger partial charge in [-0.15, -0.1) is 0 Å². The Morgan fingerprint density at radius 2 is 2.00 bits per heavy atom. The van der Waals surface area contributed by atoms with Gasteiger partial charge in [0.25, 0.3) is 0 Å². The summed E-state index contributed by atoms with van der Waals surface area (Å²) in [4.78, 5) is 26.3. The van der Waals surface area contributed by atoms with E-state index in [1.807, 2.05) is 20.8 Å². The number of hydrogen-bond donors (Lipinski definition) is 1. The average Bonchev–Trinajstić information content (AvgIpc) is 3.06. The molecule has 2 rings (SSSR count). The lowest BCUT2D eigenvalue weighted by atomic mass is 9.95. The molecule has 2 atom stereocenters. The van der Waals surface area contributed by atoms with Gasteiger partial charge in [-0.2, -0.15) is 0 Å². The van der Waals surface area contributed by atoms with Crippen LogP contribution >= 0.6 is 0 Å². The molecule has 1 N–H and O–H groups in total. The van der Waals surface area contributed by atoms with Crippen molar-refractivity contribution in [3.8, 4) is 0 Å². The molecule has 0 spiro atoms. The first-order valence-electron chi connectivity index (χ1n) is 6.67. The Hall–Kier alpha value is -1.06. The second kappa shape index (κ2) is 4.67. The fourth-order valence-electron chi connectivity index (χ4n) is 2.66. The molecule has 2 fully saturated rings. The zero-order valence-electron chi connectivity index (χ0n) is 10.9. The first-order valence-corrected chi connectivity index (χ1v) is 6.67. The maximum atomic E-state index is 12.4. The van der Waals surface area contributed by atoms with Crippen LogP contribution in [0, 0.1) is 11.8 Å². The predicted octanol–water partition coefficient (Wildman–Crippen LogP) is 1.16. The molecule has 1 aliphatic carbocycles. The van der Waals surface area contributed by atoms with E-state index in [0.29, 0.717) is 12.5 Å². The minimum Gasteiger partial charge on any atom is -0.342 e. The SMILES string of the molecule is CCCN1C(=O)C(C2CC2)NC(=O)C1C(C)C. The summed E-state index contributed by atoms with van der Waals surface area (Å²) in [5.41, 5.74) is 0. The van der Waals surface area contributed by atoms with Gasteiger partial charge in [0.1, 0.15) is 12.1 Å². The number of hydrogen-bond acceptors (Lipinski definition) is 2. The van der Waals surface area contributed by atoms with E-state index in [-0.39, 0.29) is 29.8 Å². The van der Waals surface area contributed by atoms with Crippen LogP contribution in [0.15, 0.2) is 0 Å². The van der Waals surface area contributed by atoms with E-state index in [1.165, 1.54) is 0 Å². The van der Waals surface area contributed by atoms with Crippen LogP contribution in [0.4, 0.5) is 0 Å². The van der Waals surface area contributed by atoms with Gasteiger partial charge in [-0.1, -0.05) is 20.8 Å². The van der Waals surface area contributed by atoms with Crippen LogP contribution in [0.2, 0.25) is 0 Å². The van der Waals surface area contributed by atoms with Crippen LogP contribution in [-0.4, -0.2) is 35.3 Å². The highest BCUT2D eigenvalue weighted by Crippen LogP contribution is 2.35. The lowest BCUT2D eigenvalue weighted by Gasteiger charge is -2.41. The van der Waals surface area contributed by atoms with Crippen molar-refractivity contribution in [3.63, 3.8) is 0 Å². The quantitative estimate of drug-likeness (QED) is 0.799. The minimum atomic E-state index is -0.280. The van der Waals surface area contributed by atoms with Crippen molar-refractivity contribution in [3.05, 3.63) is 0 Å². The molecule has 0 aromatic carbocycles. The Kier molecular flexibility index (Phi) is 3.40. The van der Waals surface area contributed by atoms with E-state index >= 15 is 0 Å². The van der Waals surface area contributed by atoms with Gasteiger partial charge in [0, 0.05) is 6.54 Å². The Balaban J connectivity index is 2.18. The first-order chi connectivity index (χ1) is 8.06. The van der Waals surface area contributed by atoms with Crippen molar-refractivity contribution in [1.29, 1.82) is 0 Å². The summed E-state index contributed by atoms with van der Waals surface area (Å²) in [5, 5.41) is 2.92. The topological polar surface area (TPSA) is 49.4 Å². The van der Waals surface area contributed by atoms with Gasteiger partial charge >= 0.3 is 0 Å². The minimum absolute atomic E-state index is 0.0324. The maximum absolute atomic E-state index is 12.4. The van der Waals surface area contributed by atoms with E-state index in [4.69, 9.17) is 0 Å². The summed E-state index contributed by atoms with van der Waals surface area (Å²) in [7, 11) is 0. The lowest BCUT2D eigenvalue weighted by Crippen LogP contribution is -2.65. The van der Waals surface area contributed by atoms with E-state index in [2.05, 4.69) is 5.32 Å². The third-order valence-electron chi connectivity index (χ3n) is 3.64. The molecule has 0 aromatic rings. The summed E-state index contributed by atoms with van der Waals surface area (Å²) < 4.78 is 0. The number of rotatable bonds is 4. The maximum Gasteiger partial charge on any atom is 0.246 e. The van der Waals surface area contributed by atoms with E-state index in [9.17, 15) is 9.59 Å². The summed E-state index contributed by atoms with van der Waals surface area (Å²) in [6, 6.07) is -0.526. The molecule has 2 aliphatic rings. The fraction of sp³-hybridized carbons (Fsp3) is 0.846. The van der Waals surface area contributed by atoms with Gasteiger partial charge in [0.05, 0.1) is 0 Å². The second-order valence-corrected chi connectivity index (χ2v) is 5.54. The molecule has 4 nitrogen and oxygen atoms in total. The summed E-state index contributed by atoms with van der Waals surface area (Å²) in [6.07, 6.45) is 3.05. The Labute approximate surface area is 103 Å². The number of piperazine rings is 1. The molecule has 0 bridgehead atoms. The number of nitrogens with zero attached hydrogens (tertiary/aromatic N) is 1. The molecule has 96 valence electrons. The van der Waals surface area contributed by atoms with Gasteiger partial charge in [-0.25, -0.2) is 0 Å². The molecule has 2 amide bonds. The van der Waals surface area contributed by atoms with Gasteiger partial charge in [0.2, 0.25) is 11.8 Å². The Bertz CT molecular complexity index is 323. The molecule has 1 heterocycles. The highest BCUT2D eigenvalue weighted by atomic mass is 16.2. The van der Waals surface area contributed by atoms with Crippen LogP contribution in [0.25, 0.3) is 0 Å². The third kappa shape index (κ3) is 2.31. The van der Waals surface area contributed by atoms with E-state index in [0.717, 1.165) is 19.3 Å². The van der Waals surface area contributed by atoms with Crippen molar-refractivity contribution in [2.45, 2.75) is 52.1 Å². The number of nitrogens with one attached hydrogen (secondary N) is 1. The highest BCUT2D eigenvalue weighted by Gasteiger charge is 2.47. The van der Waals surface area contributed by atoms with Gasteiger partial charge in [-0.3, -0.25) is 9.59 Å². The number of amides is 2. The van der Waals surface area contributed by atoms with Gasteiger partial charge < -0.3 is 10.2 Å². The summed E-state index contributed by atoms with van der Waals surface area (Å²) in [5.74, 6) is 0.724. The van der Waals surface area contributed by atoms with Gasteiger partial charge in [0.15, 0.2) is 0 Å². The van der Waals surface area contributed by atoms with E-state index < -0.39 is 0 Å². The summed E-state index contributed by atoms with van der Waals surface area (Å²) >= 11 is 0. The Morgan fingerprint density at radius 1 is 1.35 bits per heavy atom. The van der Waals surface area contributed by atoms with Crippen molar-refractivity contribution in [2.24, 2.45) is 11.8 Å². The van der Waals surface area contributed by atoms with Crippen LogP contribution in [0.1, 0.15) is 40.0 Å². The monoisotopic (exact) mass is 238 g/mol. The van der Waals surface area contributed by atoms with Crippen LogP contribution < -0.4 is 5.32 Å². The molecule has 0 radical (unpaired) electrons. The number of carbonyl (C=O) groups excluding carboxylic acids is 2. The molecular weight excluding hydrogens is 216 g/mol. The van der Waals surface area contributed by atoms with Crippen LogP contribution in [0.5, 0.6) is 0 Å². The molecular formula is C13H22N2O2. The standard InChI is InChI=1S/C13H22N2O2/c1-4-7-15-11(8(2)3)12(16)14-10(13(15)17)9-5-6-9/h8-11H,4-7H2,1-3H3,(H,14,16). The van der Waals surface area contributed by atoms with Crippen LogP contribution in [-0.2, 0) is 9.59 Å². The fourth-order valence-corrected chi connectivity index (χ4v) is 2.66. The molecule has 1 saturated heterocycles. The van der Waals surface area contributed by atoms with Crippen molar-refractivity contribution in [1.82, 2.24) is 10.2 Å². The molecule has 17 heavy (non-hydrogen) atoms. The molecule has 0 aromatic heterocycles. The largest absolute Gasteiger partial charge is 0.342 e. The van der Waals surface area contributed by atoms with Crippen molar-refractivity contribution in [2.75, 3.05) is 6.54 Å². The van der Waals surface area contributed by atoms with Crippen molar-refractivity contribution < 1.29 is 9.59 Å². The molecule has 2 unspecified atom stereocenters. The second-order valence-electron chi connectivity index (χ2n) is 5.54. The zero-order chi connectivity index (χ0) is 12.6. The van der Waals surface area contributed by atoms with Gasteiger partial charge in [-0.05, 0) is 31.1 Å². The normalized spacial score (nSPS) is 29.8. The number of carbonyl (C=O) groups is 2. The molecule has 1 aliphatic heterocycles. The van der Waals surface area contributed by atoms with Crippen molar-refractivity contribution >= 4 is 11.8 Å². The lowest BCUT2D eigenvalue weighted by molar-refractivity contribution is -0.151. The Morgan fingerprint density at radius 3 is 2.47 bits per heavy atom. The highest BCUT2D eigenvalue weighted by molar-refractivity contribution is 5.97. The predicted molar refractivity (Wildman–Crippen MR) is 65.3 cm³/mol. The van der Waals surface area contributed by atoms with Crippen LogP contribution in [0.3, 0.4) is 0 Å². The third-order valence-corrected chi connectivity index (χ3v) is 3.64. The smallest absolute Gasteiger partial charge is 0.246 e. The summed E-state index contributed by atoms with van der Waals surface area (Å²) in [6.45, 7) is 6.73. The van der Waals surface area contributed by atoms with E-state index in [1.54, 1.807) is 4.90 Å². The molecule has 1 saturated carbocycles. The zero-order valence-corrected chi connectivity index (χ0v) is 10.9. The molecule has 4 heteroatoms.